The van der Waals surface area contributed by atoms with Gasteiger partial charge in [0.15, 0.2) is 5.82 Å². The maximum Gasteiger partial charge on any atom is 0.238 e. The summed E-state index contributed by atoms with van der Waals surface area (Å²) in [6.07, 6.45) is 2.57. The second kappa shape index (κ2) is 5.86. The molecule has 0 saturated carbocycles. The number of aromatic nitrogens is 2. The average Bonchev–Trinajstić information content (AvgIpc) is 2.38. The summed E-state index contributed by atoms with van der Waals surface area (Å²) in [4.78, 5) is 7.54. The summed E-state index contributed by atoms with van der Waals surface area (Å²) >= 11 is 5.63. The Morgan fingerprint density at radius 2 is 1.95 bits per heavy atom. The zero-order chi connectivity index (χ0) is 14.6. The molecule has 0 spiro atoms. The monoisotopic (exact) mass is 308 g/mol. The molecule has 1 N–H and O–H groups in total. The molecule has 1 aromatic heterocycles. The number of rotatable bonds is 4. The average molecular weight is 309 g/mol. The van der Waals surface area contributed by atoms with Gasteiger partial charge in [0.25, 0.3) is 0 Å². The standard InChI is InChI=1S/C12H9ClN4O2S/c13-11-6-15-7-12(16-11)17-20(18,19)8-10-3-1-9(5-14)2-4-10/h1-4,6-7H,8H2,(H,16,17). The van der Waals surface area contributed by atoms with E-state index in [0.29, 0.717) is 11.1 Å². The van der Waals surface area contributed by atoms with Crippen molar-refractivity contribution in [3.63, 3.8) is 0 Å². The smallest absolute Gasteiger partial charge is 0.238 e. The molecule has 0 aliphatic heterocycles. The van der Waals surface area contributed by atoms with Crippen LogP contribution in [-0.2, 0) is 15.8 Å². The van der Waals surface area contributed by atoms with Gasteiger partial charge in [-0.2, -0.15) is 5.26 Å². The molecular formula is C12H9ClN4O2S. The van der Waals surface area contributed by atoms with Gasteiger partial charge in [-0.1, -0.05) is 23.7 Å². The number of hydrogen-bond donors (Lipinski definition) is 1. The summed E-state index contributed by atoms with van der Waals surface area (Å²) in [6.45, 7) is 0. The molecule has 0 saturated heterocycles. The van der Waals surface area contributed by atoms with E-state index in [1.165, 1.54) is 12.4 Å². The number of nitrogens with one attached hydrogen (secondary N) is 1. The minimum Gasteiger partial charge on any atom is -0.266 e. The van der Waals surface area contributed by atoms with Crippen LogP contribution in [0.4, 0.5) is 5.82 Å². The molecule has 8 heteroatoms. The third-order valence-corrected chi connectivity index (χ3v) is 3.72. The van der Waals surface area contributed by atoms with Gasteiger partial charge >= 0.3 is 0 Å². The Morgan fingerprint density at radius 1 is 1.25 bits per heavy atom. The summed E-state index contributed by atoms with van der Waals surface area (Å²) in [6, 6.07) is 8.25. The van der Waals surface area contributed by atoms with Crippen molar-refractivity contribution >= 4 is 27.4 Å². The maximum absolute atomic E-state index is 11.9. The van der Waals surface area contributed by atoms with Crippen molar-refractivity contribution in [2.24, 2.45) is 0 Å². The summed E-state index contributed by atoms with van der Waals surface area (Å²) in [7, 11) is -3.62. The number of hydrogen-bond acceptors (Lipinski definition) is 5. The number of nitrogens with zero attached hydrogens (tertiary/aromatic N) is 3. The Morgan fingerprint density at radius 3 is 2.55 bits per heavy atom. The van der Waals surface area contributed by atoms with Gasteiger partial charge in [0, 0.05) is 0 Å². The largest absolute Gasteiger partial charge is 0.266 e. The van der Waals surface area contributed by atoms with Gasteiger partial charge in [-0.15, -0.1) is 0 Å². The molecule has 2 rings (SSSR count). The molecule has 0 unspecified atom stereocenters. The van der Waals surface area contributed by atoms with Crippen molar-refractivity contribution in [2.45, 2.75) is 5.75 Å². The van der Waals surface area contributed by atoms with E-state index in [0.717, 1.165) is 0 Å². The van der Waals surface area contributed by atoms with E-state index in [1.54, 1.807) is 24.3 Å². The van der Waals surface area contributed by atoms with Crippen molar-refractivity contribution in [2.75, 3.05) is 4.72 Å². The van der Waals surface area contributed by atoms with Gasteiger partial charge in [-0.25, -0.2) is 13.4 Å². The topological polar surface area (TPSA) is 95.7 Å². The molecule has 6 nitrogen and oxygen atoms in total. The van der Waals surface area contributed by atoms with Crippen molar-refractivity contribution in [3.05, 3.63) is 52.9 Å². The van der Waals surface area contributed by atoms with Crippen molar-refractivity contribution in [1.29, 1.82) is 5.26 Å². The highest BCUT2D eigenvalue weighted by atomic mass is 35.5. The third-order valence-electron chi connectivity index (χ3n) is 2.30. The van der Waals surface area contributed by atoms with Gasteiger partial charge in [0.1, 0.15) is 5.15 Å². The minimum absolute atomic E-state index is 0.0612. The Hall–Kier alpha value is -2.17. The van der Waals surface area contributed by atoms with E-state index in [2.05, 4.69) is 14.7 Å². The van der Waals surface area contributed by atoms with Crippen LogP contribution in [0, 0.1) is 11.3 Å². The lowest BCUT2D eigenvalue weighted by atomic mass is 10.2. The highest BCUT2D eigenvalue weighted by Crippen LogP contribution is 2.12. The summed E-state index contributed by atoms with van der Waals surface area (Å²) in [5, 5.41) is 8.77. The van der Waals surface area contributed by atoms with Gasteiger partial charge < -0.3 is 0 Å². The van der Waals surface area contributed by atoms with Gasteiger partial charge in [-0.3, -0.25) is 9.71 Å². The molecule has 102 valence electrons. The van der Waals surface area contributed by atoms with Crippen molar-refractivity contribution < 1.29 is 8.42 Å². The summed E-state index contributed by atoms with van der Waals surface area (Å²) in [5.41, 5.74) is 1.03. The molecule has 0 bridgehead atoms. The lowest BCUT2D eigenvalue weighted by molar-refractivity contribution is 0.600. The van der Waals surface area contributed by atoms with E-state index in [4.69, 9.17) is 16.9 Å². The maximum atomic E-state index is 11.9. The highest BCUT2D eigenvalue weighted by Gasteiger charge is 2.13. The van der Waals surface area contributed by atoms with Gasteiger partial charge in [-0.05, 0) is 17.7 Å². The van der Waals surface area contributed by atoms with E-state index >= 15 is 0 Å². The van der Waals surface area contributed by atoms with E-state index in [9.17, 15) is 8.42 Å². The zero-order valence-electron chi connectivity index (χ0n) is 10.1. The summed E-state index contributed by atoms with van der Waals surface area (Å²) in [5.74, 6) is -0.168. The molecule has 1 heterocycles. The fourth-order valence-electron chi connectivity index (χ4n) is 1.48. The Bertz CT molecular complexity index is 754. The normalized spacial score (nSPS) is 10.8. The van der Waals surface area contributed by atoms with Crippen LogP contribution >= 0.6 is 11.6 Å². The lowest BCUT2D eigenvalue weighted by Gasteiger charge is -2.07. The molecule has 20 heavy (non-hydrogen) atoms. The Balaban J connectivity index is 2.13. The third kappa shape index (κ3) is 3.91. The second-order valence-corrected chi connectivity index (χ2v) is 6.01. The van der Waals surface area contributed by atoms with Gasteiger partial charge in [0.2, 0.25) is 10.0 Å². The SMILES string of the molecule is N#Cc1ccc(CS(=O)(=O)Nc2cncc(Cl)n2)cc1. The first-order valence-electron chi connectivity index (χ1n) is 5.45. The first-order valence-corrected chi connectivity index (χ1v) is 7.48. The van der Waals surface area contributed by atoms with Crippen LogP contribution in [0.5, 0.6) is 0 Å². The fraction of sp³-hybridized carbons (Fsp3) is 0.0833. The number of nitriles is 1. The molecule has 0 aliphatic carbocycles. The van der Waals surface area contributed by atoms with Gasteiger partial charge in [0.05, 0.1) is 29.8 Å². The van der Waals surface area contributed by atoms with E-state index < -0.39 is 10.0 Å². The predicted molar refractivity (Wildman–Crippen MR) is 74.4 cm³/mol. The molecule has 2 aromatic rings. The van der Waals surface area contributed by atoms with Crippen LogP contribution < -0.4 is 4.72 Å². The van der Waals surface area contributed by atoms with E-state index in [-0.39, 0.29) is 16.7 Å². The van der Waals surface area contributed by atoms with Crippen LogP contribution in [0.2, 0.25) is 5.15 Å². The Kier molecular flexibility index (Phi) is 4.17. The number of anilines is 1. The number of sulfonamides is 1. The molecule has 0 atom stereocenters. The zero-order valence-corrected chi connectivity index (χ0v) is 11.7. The van der Waals surface area contributed by atoms with Crippen molar-refractivity contribution in [1.82, 2.24) is 9.97 Å². The number of halogens is 1. The molecule has 0 radical (unpaired) electrons. The fourth-order valence-corrected chi connectivity index (χ4v) is 2.75. The molecule has 0 fully saturated rings. The first-order chi connectivity index (χ1) is 9.48. The molecular weight excluding hydrogens is 300 g/mol. The first kappa shape index (κ1) is 14.2. The highest BCUT2D eigenvalue weighted by molar-refractivity contribution is 7.91. The van der Waals surface area contributed by atoms with Crippen LogP contribution in [0.1, 0.15) is 11.1 Å². The number of benzene rings is 1. The quantitative estimate of drug-likeness (QED) is 0.931. The lowest BCUT2D eigenvalue weighted by Crippen LogP contribution is -2.16. The van der Waals surface area contributed by atoms with E-state index in [1.807, 2.05) is 6.07 Å². The molecule has 0 amide bonds. The van der Waals surface area contributed by atoms with Crippen LogP contribution in [-0.4, -0.2) is 18.4 Å². The Labute approximate surface area is 121 Å². The second-order valence-electron chi connectivity index (χ2n) is 3.90. The molecule has 0 aliphatic rings. The van der Waals surface area contributed by atoms with Crippen molar-refractivity contribution in [3.8, 4) is 6.07 Å². The summed E-state index contributed by atoms with van der Waals surface area (Å²) < 4.78 is 26.2. The minimum atomic E-state index is -3.62. The van der Waals surface area contributed by atoms with Crippen LogP contribution in [0.25, 0.3) is 0 Å². The van der Waals surface area contributed by atoms with Crippen LogP contribution in [0.3, 0.4) is 0 Å². The van der Waals surface area contributed by atoms with Crippen LogP contribution in [0.15, 0.2) is 36.7 Å². The predicted octanol–water partition coefficient (Wildman–Crippen LogP) is 1.94. The molecule has 1 aromatic carbocycles.